The van der Waals surface area contributed by atoms with E-state index in [1.807, 2.05) is 0 Å². The normalized spacial score (nSPS) is 20.4. The van der Waals surface area contributed by atoms with Gasteiger partial charge < -0.3 is 10.1 Å². The Morgan fingerprint density at radius 3 is 2.54 bits per heavy atom. The number of carbonyl (C=O) groups excluding carboxylic acids is 1. The van der Waals surface area contributed by atoms with E-state index in [0.717, 1.165) is 25.9 Å². The second-order valence-corrected chi connectivity index (χ2v) is 3.68. The van der Waals surface area contributed by atoms with Crippen LogP contribution < -0.4 is 5.32 Å². The van der Waals surface area contributed by atoms with Gasteiger partial charge in [-0.05, 0) is 44.7 Å². The largest absolute Gasteiger partial charge is 0.469 e. The van der Waals surface area contributed by atoms with E-state index >= 15 is 0 Å². The lowest BCUT2D eigenvalue weighted by molar-refractivity contribution is -0.141. The van der Waals surface area contributed by atoms with E-state index in [0.29, 0.717) is 12.3 Å². The van der Waals surface area contributed by atoms with Gasteiger partial charge in [0.2, 0.25) is 0 Å². The van der Waals surface area contributed by atoms with Gasteiger partial charge in [-0.15, -0.1) is 0 Å². The van der Waals surface area contributed by atoms with Crippen LogP contribution >= 0.6 is 0 Å². The molecule has 1 heterocycles. The highest BCUT2D eigenvalue weighted by molar-refractivity contribution is 5.69. The Kier molecular flexibility index (Phi) is 4.83. The van der Waals surface area contributed by atoms with Crippen LogP contribution in [0.2, 0.25) is 0 Å². The molecule has 0 unspecified atom stereocenters. The van der Waals surface area contributed by atoms with Crippen LogP contribution in [0.25, 0.3) is 0 Å². The fraction of sp³-hybridized carbons (Fsp3) is 0.900. The predicted octanol–water partition coefficient (Wildman–Crippen LogP) is 1.33. The molecule has 0 aromatic heterocycles. The third-order valence-corrected chi connectivity index (χ3v) is 2.61. The SMILES string of the molecule is COC(=O)CC1CCCNCCC1. The summed E-state index contributed by atoms with van der Waals surface area (Å²) < 4.78 is 4.67. The molecule has 1 N–H and O–H groups in total. The number of hydrogen-bond acceptors (Lipinski definition) is 3. The molecule has 0 aromatic rings. The highest BCUT2D eigenvalue weighted by atomic mass is 16.5. The molecule has 0 amide bonds. The Labute approximate surface area is 79.8 Å². The number of methoxy groups -OCH3 is 1. The third kappa shape index (κ3) is 4.27. The fourth-order valence-corrected chi connectivity index (χ4v) is 1.82. The molecule has 0 bridgehead atoms. The van der Waals surface area contributed by atoms with Crippen LogP contribution in [0.3, 0.4) is 0 Å². The molecule has 1 aliphatic heterocycles. The zero-order valence-corrected chi connectivity index (χ0v) is 8.34. The van der Waals surface area contributed by atoms with Gasteiger partial charge >= 0.3 is 5.97 Å². The van der Waals surface area contributed by atoms with Gasteiger partial charge in [0, 0.05) is 6.42 Å². The number of esters is 1. The summed E-state index contributed by atoms with van der Waals surface area (Å²) >= 11 is 0. The number of rotatable bonds is 2. The Morgan fingerprint density at radius 1 is 1.38 bits per heavy atom. The van der Waals surface area contributed by atoms with E-state index in [1.165, 1.54) is 20.0 Å². The van der Waals surface area contributed by atoms with Crippen molar-refractivity contribution in [2.45, 2.75) is 32.1 Å². The van der Waals surface area contributed by atoms with Gasteiger partial charge in [-0.2, -0.15) is 0 Å². The maximum absolute atomic E-state index is 11.0. The summed E-state index contributed by atoms with van der Waals surface area (Å²) in [6.07, 6.45) is 5.28. The quantitative estimate of drug-likeness (QED) is 0.660. The van der Waals surface area contributed by atoms with Crippen molar-refractivity contribution in [3.63, 3.8) is 0 Å². The molecule has 0 spiro atoms. The molecule has 1 saturated heterocycles. The van der Waals surface area contributed by atoms with E-state index < -0.39 is 0 Å². The maximum Gasteiger partial charge on any atom is 0.305 e. The lowest BCUT2D eigenvalue weighted by atomic mass is 9.93. The van der Waals surface area contributed by atoms with Gasteiger partial charge in [0.15, 0.2) is 0 Å². The highest BCUT2D eigenvalue weighted by Gasteiger charge is 2.14. The monoisotopic (exact) mass is 185 g/mol. The summed E-state index contributed by atoms with van der Waals surface area (Å²) in [5.41, 5.74) is 0. The average Bonchev–Trinajstić information content (AvgIpc) is 2.09. The first-order valence-corrected chi connectivity index (χ1v) is 5.10. The zero-order valence-electron chi connectivity index (χ0n) is 8.34. The highest BCUT2D eigenvalue weighted by Crippen LogP contribution is 2.19. The van der Waals surface area contributed by atoms with Gasteiger partial charge in [0.05, 0.1) is 7.11 Å². The fourth-order valence-electron chi connectivity index (χ4n) is 1.82. The summed E-state index contributed by atoms with van der Waals surface area (Å²) in [6, 6.07) is 0. The number of hydrogen-bond donors (Lipinski definition) is 1. The van der Waals surface area contributed by atoms with Crippen molar-refractivity contribution in [1.82, 2.24) is 5.32 Å². The Morgan fingerprint density at radius 2 is 2.00 bits per heavy atom. The minimum Gasteiger partial charge on any atom is -0.469 e. The van der Waals surface area contributed by atoms with Crippen LogP contribution in [0.4, 0.5) is 0 Å². The van der Waals surface area contributed by atoms with Crippen LogP contribution in [0.5, 0.6) is 0 Å². The van der Waals surface area contributed by atoms with Crippen molar-refractivity contribution < 1.29 is 9.53 Å². The molecule has 0 aromatic carbocycles. The molecular formula is C10H19NO2. The summed E-state index contributed by atoms with van der Waals surface area (Å²) in [7, 11) is 1.47. The molecule has 1 fully saturated rings. The van der Waals surface area contributed by atoms with Gasteiger partial charge in [-0.1, -0.05) is 0 Å². The number of ether oxygens (including phenoxy) is 1. The molecule has 3 heteroatoms. The Hall–Kier alpha value is -0.570. The van der Waals surface area contributed by atoms with E-state index in [9.17, 15) is 4.79 Å². The molecule has 0 saturated carbocycles. The van der Waals surface area contributed by atoms with Gasteiger partial charge in [-0.25, -0.2) is 0 Å². The molecule has 3 nitrogen and oxygen atoms in total. The summed E-state index contributed by atoms with van der Waals surface area (Å²) in [6.45, 7) is 2.19. The zero-order chi connectivity index (χ0) is 9.52. The van der Waals surface area contributed by atoms with Crippen LogP contribution in [0.15, 0.2) is 0 Å². The molecule has 0 aliphatic carbocycles. The lowest BCUT2D eigenvalue weighted by Gasteiger charge is -2.18. The minimum absolute atomic E-state index is 0.0569. The first-order valence-electron chi connectivity index (χ1n) is 5.10. The molecular weight excluding hydrogens is 166 g/mol. The standard InChI is InChI=1S/C10H19NO2/c1-13-10(12)8-9-4-2-6-11-7-3-5-9/h9,11H,2-8H2,1H3. The summed E-state index contributed by atoms with van der Waals surface area (Å²) in [5, 5.41) is 3.36. The van der Waals surface area contributed by atoms with Crippen molar-refractivity contribution in [3.05, 3.63) is 0 Å². The smallest absolute Gasteiger partial charge is 0.305 e. The first kappa shape index (κ1) is 10.5. The second-order valence-electron chi connectivity index (χ2n) is 3.68. The van der Waals surface area contributed by atoms with Gasteiger partial charge in [0.25, 0.3) is 0 Å². The van der Waals surface area contributed by atoms with Crippen LogP contribution in [0, 0.1) is 5.92 Å². The van der Waals surface area contributed by atoms with Gasteiger partial charge in [0.1, 0.15) is 0 Å². The number of carbonyl (C=O) groups is 1. The van der Waals surface area contributed by atoms with E-state index in [2.05, 4.69) is 10.1 Å². The van der Waals surface area contributed by atoms with E-state index in [-0.39, 0.29) is 5.97 Å². The molecule has 1 aliphatic rings. The lowest BCUT2D eigenvalue weighted by Crippen LogP contribution is -2.22. The van der Waals surface area contributed by atoms with Crippen LogP contribution in [0.1, 0.15) is 32.1 Å². The van der Waals surface area contributed by atoms with Crippen molar-refractivity contribution >= 4 is 5.97 Å². The maximum atomic E-state index is 11.0. The molecule has 0 atom stereocenters. The first-order chi connectivity index (χ1) is 6.33. The number of nitrogens with one attached hydrogen (secondary N) is 1. The van der Waals surface area contributed by atoms with Crippen LogP contribution in [-0.2, 0) is 9.53 Å². The minimum atomic E-state index is -0.0569. The molecule has 1 rings (SSSR count). The van der Waals surface area contributed by atoms with Crippen molar-refractivity contribution in [3.8, 4) is 0 Å². The summed E-state index contributed by atoms with van der Waals surface area (Å²) in [4.78, 5) is 11.0. The van der Waals surface area contributed by atoms with Crippen molar-refractivity contribution in [2.24, 2.45) is 5.92 Å². The van der Waals surface area contributed by atoms with Crippen LogP contribution in [-0.4, -0.2) is 26.2 Å². The summed E-state index contributed by atoms with van der Waals surface area (Å²) in [5.74, 6) is 0.494. The molecule has 13 heavy (non-hydrogen) atoms. The average molecular weight is 185 g/mol. The van der Waals surface area contributed by atoms with E-state index in [1.54, 1.807) is 0 Å². The van der Waals surface area contributed by atoms with Gasteiger partial charge in [-0.3, -0.25) is 4.79 Å². The second kappa shape index (κ2) is 5.97. The van der Waals surface area contributed by atoms with E-state index in [4.69, 9.17) is 0 Å². The molecule has 0 radical (unpaired) electrons. The Balaban J connectivity index is 2.25. The van der Waals surface area contributed by atoms with Crippen molar-refractivity contribution in [1.29, 1.82) is 0 Å². The van der Waals surface area contributed by atoms with Crippen molar-refractivity contribution in [2.75, 3.05) is 20.2 Å². The topological polar surface area (TPSA) is 38.3 Å². The Bertz CT molecular complexity index is 151. The molecule has 76 valence electrons. The third-order valence-electron chi connectivity index (χ3n) is 2.61. The predicted molar refractivity (Wildman–Crippen MR) is 51.5 cm³/mol.